The van der Waals surface area contributed by atoms with E-state index < -0.39 is 28.0 Å². The Morgan fingerprint density at radius 1 is 0.723 bits per heavy atom. The van der Waals surface area contributed by atoms with Crippen LogP contribution in [0, 0.1) is 18.8 Å². The number of aromatic carboxylic acids is 3. The first kappa shape index (κ1) is 35.3. The molecule has 5 aromatic rings. The second kappa shape index (κ2) is 14.3. The zero-order valence-corrected chi connectivity index (χ0v) is 25.4. The number of carboxylic acids is 3. The van der Waals surface area contributed by atoms with Crippen LogP contribution in [0.25, 0.3) is 22.1 Å². The van der Waals surface area contributed by atoms with Gasteiger partial charge in [-0.1, -0.05) is 0 Å². The highest BCUT2D eigenvalue weighted by molar-refractivity contribution is 7.85. The molecule has 5 rings (SSSR count). The SMILES string of the molecule is COc1cc(C(=O)O)cc2nc3ccc(S(=O)(=O)O)cc3nc12.Cc1cc(C(=O)O)cc(N=O)c1O.Cc1cc(C(=O)O)ccc1O. The standard InChI is InChI=1S/C14H10N2O6S.C8H7NO4.C8H8O3/c1-22-12-5-7(14(17)18)4-11-13(12)16-10-6-8(23(19,20)21)2-3-9(10)15-11;1-4-2-5(8(11)12)3-6(9-13)7(4)10;1-5-4-6(8(10)11)2-3-7(5)9/h2-6H,1H3,(H,17,18)(H,19,20,21);2-3,10H,1H3,(H,11,12);2-4,9H,1H3,(H,10,11). The van der Waals surface area contributed by atoms with Crippen molar-refractivity contribution in [1.82, 2.24) is 9.97 Å². The number of carboxylic acid groups (broad SMARTS) is 3. The van der Waals surface area contributed by atoms with Crippen molar-refractivity contribution in [2.45, 2.75) is 18.7 Å². The second-order valence-corrected chi connectivity index (χ2v) is 11.0. The first-order chi connectivity index (χ1) is 22.0. The Kier molecular flexibility index (Phi) is 10.7. The van der Waals surface area contributed by atoms with Gasteiger partial charge in [-0.05, 0) is 90.8 Å². The fraction of sp³-hybridized carbons (Fsp3) is 0.100. The van der Waals surface area contributed by atoms with Crippen molar-refractivity contribution >= 4 is 55.8 Å². The lowest BCUT2D eigenvalue weighted by atomic mass is 10.1. The van der Waals surface area contributed by atoms with Crippen LogP contribution in [0.15, 0.2) is 70.7 Å². The van der Waals surface area contributed by atoms with Crippen LogP contribution in [0.2, 0.25) is 0 Å². The number of rotatable bonds is 6. The summed E-state index contributed by atoms with van der Waals surface area (Å²) in [5, 5.41) is 47.0. The van der Waals surface area contributed by atoms with Crippen LogP contribution in [0.1, 0.15) is 42.2 Å². The number of aryl methyl sites for hydroxylation is 2. The summed E-state index contributed by atoms with van der Waals surface area (Å²) in [6.45, 7) is 3.15. The molecule has 47 heavy (non-hydrogen) atoms. The van der Waals surface area contributed by atoms with E-state index >= 15 is 0 Å². The lowest BCUT2D eigenvalue weighted by Gasteiger charge is -2.08. The number of aromatic hydroxyl groups is 2. The Bertz CT molecular complexity index is 2170. The predicted octanol–water partition coefficient (Wildman–Crippen LogP) is 4.93. The fourth-order valence-electron chi connectivity index (χ4n) is 3.91. The van der Waals surface area contributed by atoms with Crippen molar-refractivity contribution in [3.05, 3.63) is 93.4 Å². The zero-order chi connectivity index (χ0) is 35.2. The Balaban J connectivity index is 0.000000212. The summed E-state index contributed by atoms with van der Waals surface area (Å²) in [4.78, 5) is 50.4. The van der Waals surface area contributed by atoms with Gasteiger partial charge in [0, 0.05) is 0 Å². The van der Waals surface area contributed by atoms with Gasteiger partial charge < -0.3 is 30.3 Å². The number of hydrogen-bond acceptors (Lipinski definition) is 12. The van der Waals surface area contributed by atoms with Gasteiger partial charge in [-0.3, -0.25) is 4.55 Å². The van der Waals surface area contributed by atoms with Crippen molar-refractivity contribution in [3.63, 3.8) is 0 Å². The maximum atomic E-state index is 11.2. The van der Waals surface area contributed by atoms with Crippen molar-refractivity contribution in [3.8, 4) is 17.2 Å². The predicted molar refractivity (Wildman–Crippen MR) is 165 cm³/mol. The molecule has 4 aromatic carbocycles. The lowest BCUT2D eigenvalue weighted by molar-refractivity contribution is 0.0686. The number of phenols is 2. The van der Waals surface area contributed by atoms with Crippen molar-refractivity contribution in [2.75, 3.05) is 7.11 Å². The van der Waals surface area contributed by atoms with Crippen LogP contribution < -0.4 is 4.74 Å². The molecule has 1 heterocycles. The third kappa shape index (κ3) is 8.50. The first-order valence-corrected chi connectivity index (χ1v) is 14.3. The van der Waals surface area contributed by atoms with Gasteiger partial charge in [0.2, 0.25) is 0 Å². The fourth-order valence-corrected chi connectivity index (χ4v) is 4.41. The third-order valence-electron chi connectivity index (χ3n) is 6.31. The molecule has 1 aromatic heterocycles. The molecule has 0 saturated carbocycles. The van der Waals surface area contributed by atoms with E-state index in [4.69, 9.17) is 29.7 Å². The maximum Gasteiger partial charge on any atom is 0.335 e. The Morgan fingerprint density at radius 3 is 1.85 bits per heavy atom. The van der Waals surface area contributed by atoms with E-state index in [1.807, 2.05) is 0 Å². The first-order valence-electron chi connectivity index (χ1n) is 12.9. The molecule has 0 radical (unpaired) electrons. The van der Waals surface area contributed by atoms with E-state index in [2.05, 4.69) is 15.1 Å². The van der Waals surface area contributed by atoms with E-state index in [0.29, 0.717) is 22.2 Å². The van der Waals surface area contributed by atoms with Gasteiger partial charge in [0.1, 0.15) is 22.8 Å². The van der Waals surface area contributed by atoms with Crippen LogP contribution in [0.4, 0.5) is 5.69 Å². The van der Waals surface area contributed by atoms with E-state index in [-0.39, 0.29) is 55.6 Å². The molecular formula is C30H25N3O13S. The summed E-state index contributed by atoms with van der Waals surface area (Å²) in [7, 11) is -3.00. The molecule has 17 heteroatoms. The molecule has 0 aliphatic rings. The average molecular weight is 668 g/mol. The topological polar surface area (TPSA) is 271 Å². The van der Waals surface area contributed by atoms with Gasteiger partial charge in [0.05, 0.1) is 45.2 Å². The van der Waals surface area contributed by atoms with Crippen LogP contribution in [0.5, 0.6) is 17.2 Å². The lowest BCUT2D eigenvalue weighted by Crippen LogP contribution is -2.01. The van der Waals surface area contributed by atoms with E-state index in [1.54, 1.807) is 6.92 Å². The van der Waals surface area contributed by atoms with E-state index in [0.717, 1.165) is 6.07 Å². The van der Waals surface area contributed by atoms with Crippen molar-refractivity contribution in [1.29, 1.82) is 0 Å². The molecule has 0 unspecified atom stereocenters. The van der Waals surface area contributed by atoms with E-state index in [1.165, 1.54) is 68.6 Å². The minimum absolute atomic E-state index is 0.00226. The summed E-state index contributed by atoms with van der Waals surface area (Å²) >= 11 is 0. The number of fused-ring (bicyclic) bond motifs is 2. The van der Waals surface area contributed by atoms with Crippen LogP contribution in [-0.2, 0) is 10.1 Å². The highest BCUT2D eigenvalue weighted by atomic mass is 32.2. The Labute approximate surface area is 264 Å². The number of methoxy groups -OCH3 is 1. The average Bonchev–Trinajstić information content (AvgIpc) is 3.01. The van der Waals surface area contributed by atoms with E-state index in [9.17, 15) is 32.8 Å². The largest absolute Gasteiger partial charge is 0.508 e. The summed E-state index contributed by atoms with van der Waals surface area (Å²) < 4.78 is 36.6. The van der Waals surface area contributed by atoms with Crippen LogP contribution in [-0.4, -0.2) is 73.5 Å². The normalized spacial score (nSPS) is 10.6. The molecule has 244 valence electrons. The minimum Gasteiger partial charge on any atom is -0.508 e. The molecule has 0 aliphatic heterocycles. The van der Waals surface area contributed by atoms with Gasteiger partial charge in [-0.15, -0.1) is 4.91 Å². The number of phenolic OH excluding ortho intramolecular Hbond substituents is 2. The van der Waals surface area contributed by atoms with Crippen molar-refractivity contribution < 1.29 is 57.6 Å². The number of nitroso groups, excluding NO2 is 1. The monoisotopic (exact) mass is 667 g/mol. The van der Waals surface area contributed by atoms with Crippen LogP contribution in [0.3, 0.4) is 0 Å². The van der Waals surface area contributed by atoms with Gasteiger partial charge in [-0.2, -0.15) is 8.42 Å². The minimum atomic E-state index is -4.36. The molecule has 6 N–H and O–H groups in total. The molecule has 0 fully saturated rings. The number of aromatic nitrogens is 2. The van der Waals surface area contributed by atoms with Gasteiger partial charge in [-0.25, -0.2) is 24.4 Å². The maximum absolute atomic E-state index is 11.2. The molecule has 0 atom stereocenters. The van der Waals surface area contributed by atoms with Crippen molar-refractivity contribution in [2.24, 2.45) is 5.18 Å². The number of carbonyl (C=O) groups is 3. The number of benzene rings is 4. The van der Waals surface area contributed by atoms with Gasteiger partial charge in [0.15, 0.2) is 5.69 Å². The summed E-state index contributed by atoms with van der Waals surface area (Å²) in [6, 6.07) is 12.9. The molecule has 0 amide bonds. The second-order valence-electron chi connectivity index (χ2n) is 9.56. The quantitative estimate of drug-likeness (QED) is 0.0795. The number of hydrogen-bond donors (Lipinski definition) is 6. The van der Waals surface area contributed by atoms with Crippen LogP contribution >= 0.6 is 0 Å². The third-order valence-corrected chi connectivity index (χ3v) is 7.16. The highest BCUT2D eigenvalue weighted by Gasteiger charge is 2.16. The summed E-state index contributed by atoms with van der Waals surface area (Å²) in [5.74, 6) is -3.23. The molecule has 0 spiro atoms. The Morgan fingerprint density at radius 2 is 1.32 bits per heavy atom. The van der Waals surface area contributed by atoms with Gasteiger partial charge in [0.25, 0.3) is 10.1 Å². The zero-order valence-electron chi connectivity index (χ0n) is 24.6. The molecule has 0 aliphatic carbocycles. The smallest absolute Gasteiger partial charge is 0.335 e. The molecule has 0 bridgehead atoms. The Hall–Kier alpha value is -6.20. The molecule has 16 nitrogen and oxygen atoms in total. The number of nitrogens with zero attached hydrogens (tertiary/aromatic N) is 3. The number of ether oxygens (including phenoxy) is 1. The molecular weight excluding hydrogens is 642 g/mol. The summed E-state index contributed by atoms with van der Waals surface area (Å²) in [6.07, 6.45) is 0. The van der Waals surface area contributed by atoms with Gasteiger partial charge >= 0.3 is 17.9 Å². The molecule has 0 saturated heterocycles. The summed E-state index contributed by atoms with van der Waals surface area (Å²) in [5.41, 5.74) is 1.94. The highest BCUT2D eigenvalue weighted by Crippen LogP contribution is 2.31.